The Hall–Kier alpha value is -2.40. The maximum Gasteiger partial charge on any atom is 0.123 e. The smallest absolute Gasteiger partial charge is 0.123 e. The molecule has 5 heteroatoms. The zero-order valence-corrected chi connectivity index (χ0v) is 12.4. The Kier molecular flexibility index (Phi) is 3.58. The number of pyridine rings is 1. The number of rotatable bonds is 4. The minimum Gasteiger partial charge on any atom is -0.465 e. The lowest BCUT2D eigenvalue weighted by Gasteiger charge is -2.13. The number of hydrogen-bond donors (Lipinski definition) is 2. The third-order valence-corrected chi connectivity index (χ3v) is 3.50. The molecule has 106 valence electrons. The van der Waals surface area contributed by atoms with E-state index >= 15 is 0 Å². The summed E-state index contributed by atoms with van der Waals surface area (Å²) in [6.07, 6.45) is 1.71. The monoisotopic (exact) mass is 297 g/mol. The average molecular weight is 297 g/mol. The van der Waals surface area contributed by atoms with Crippen LogP contribution in [0.15, 0.2) is 47.0 Å². The molecule has 1 aromatic carbocycles. The SMILES string of the molecule is Cc1ccc(CNc2c(C(N)=S)cnc3ccccc23)o1. The molecule has 4 nitrogen and oxygen atoms in total. The molecular weight excluding hydrogens is 282 g/mol. The van der Waals surface area contributed by atoms with Gasteiger partial charge < -0.3 is 15.5 Å². The largest absolute Gasteiger partial charge is 0.465 e. The fraction of sp³-hybridized carbons (Fsp3) is 0.125. The van der Waals surface area contributed by atoms with Gasteiger partial charge in [-0.2, -0.15) is 0 Å². The summed E-state index contributed by atoms with van der Waals surface area (Å²) in [5, 5.41) is 4.36. The summed E-state index contributed by atoms with van der Waals surface area (Å²) in [7, 11) is 0. The van der Waals surface area contributed by atoms with Crippen LogP contribution in [-0.4, -0.2) is 9.97 Å². The lowest BCUT2D eigenvalue weighted by Crippen LogP contribution is -2.14. The number of anilines is 1. The van der Waals surface area contributed by atoms with E-state index < -0.39 is 0 Å². The Morgan fingerprint density at radius 3 is 2.81 bits per heavy atom. The van der Waals surface area contributed by atoms with E-state index in [1.807, 2.05) is 43.3 Å². The van der Waals surface area contributed by atoms with Crippen molar-refractivity contribution >= 4 is 33.8 Å². The third kappa shape index (κ3) is 2.73. The van der Waals surface area contributed by atoms with Crippen LogP contribution in [0.3, 0.4) is 0 Å². The second-order valence-electron chi connectivity index (χ2n) is 4.79. The molecule has 0 bridgehead atoms. The van der Waals surface area contributed by atoms with Crippen LogP contribution in [0.1, 0.15) is 17.1 Å². The Morgan fingerprint density at radius 1 is 1.29 bits per heavy atom. The Balaban J connectivity index is 2.01. The zero-order valence-electron chi connectivity index (χ0n) is 11.6. The van der Waals surface area contributed by atoms with Crippen molar-refractivity contribution in [2.24, 2.45) is 5.73 Å². The topological polar surface area (TPSA) is 64.1 Å². The van der Waals surface area contributed by atoms with Gasteiger partial charge >= 0.3 is 0 Å². The number of nitrogens with one attached hydrogen (secondary N) is 1. The van der Waals surface area contributed by atoms with Gasteiger partial charge in [0.1, 0.15) is 16.5 Å². The maximum atomic E-state index is 5.81. The highest BCUT2D eigenvalue weighted by Gasteiger charge is 2.11. The Bertz CT molecular complexity index is 810. The van der Waals surface area contributed by atoms with Gasteiger partial charge in [0.2, 0.25) is 0 Å². The molecule has 0 spiro atoms. The van der Waals surface area contributed by atoms with Crippen LogP contribution < -0.4 is 11.1 Å². The van der Waals surface area contributed by atoms with Crippen LogP contribution in [0, 0.1) is 6.92 Å². The molecule has 2 aromatic heterocycles. The second kappa shape index (κ2) is 5.54. The summed E-state index contributed by atoms with van der Waals surface area (Å²) >= 11 is 5.12. The first-order valence-corrected chi connectivity index (χ1v) is 7.02. The second-order valence-corrected chi connectivity index (χ2v) is 5.23. The van der Waals surface area contributed by atoms with Gasteiger partial charge in [-0.1, -0.05) is 30.4 Å². The van der Waals surface area contributed by atoms with Gasteiger partial charge in [0.25, 0.3) is 0 Å². The van der Waals surface area contributed by atoms with Crippen LogP contribution in [0.4, 0.5) is 5.69 Å². The number of nitrogens with two attached hydrogens (primary N) is 1. The number of nitrogens with zero attached hydrogens (tertiary/aromatic N) is 1. The number of aromatic nitrogens is 1. The standard InChI is InChI=1S/C16H15N3OS/c1-10-6-7-11(20-10)8-19-15-12-4-2-3-5-14(12)18-9-13(15)16(17)21/h2-7,9H,8H2,1H3,(H2,17,21)(H,18,19). The van der Waals surface area contributed by atoms with Crippen LogP contribution >= 0.6 is 12.2 Å². The first-order chi connectivity index (χ1) is 10.1. The van der Waals surface area contributed by atoms with E-state index in [9.17, 15) is 0 Å². The summed E-state index contributed by atoms with van der Waals surface area (Å²) in [6.45, 7) is 2.49. The van der Waals surface area contributed by atoms with E-state index in [4.69, 9.17) is 22.4 Å². The van der Waals surface area contributed by atoms with E-state index in [2.05, 4.69) is 10.3 Å². The van der Waals surface area contributed by atoms with Crippen molar-refractivity contribution in [2.45, 2.75) is 13.5 Å². The van der Waals surface area contributed by atoms with E-state index in [1.165, 1.54) is 0 Å². The Morgan fingerprint density at radius 2 is 2.10 bits per heavy atom. The fourth-order valence-electron chi connectivity index (χ4n) is 2.27. The van der Waals surface area contributed by atoms with Crippen LogP contribution in [0.2, 0.25) is 0 Å². The predicted molar refractivity (Wildman–Crippen MR) is 88.4 cm³/mol. The van der Waals surface area contributed by atoms with Gasteiger partial charge in [0.05, 0.1) is 23.3 Å². The molecule has 3 aromatic rings. The minimum atomic E-state index is 0.325. The van der Waals surface area contributed by atoms with Crippen molar-refractivity contribution < 1.29 is 4.42 Å². The molecule has 3 rings (SSSR count). The Labute approximate surface area is 128 Å². The van der Waals surface area contributed by atoms with E-state index in [0.717, 1.165) is 33.7 Å². The number of aryl methyl sites for hydroxylation is 1. The van der Waals surface area contributed by atoms with Crippen LogP contribution in [0.5, 0.6) is 0 Å². The summed E-state index contributed by atoms with van der Waals surface area (Å²) < 4.78 is 5.58. The number of furan rings is 1. The molecule has 0 aliphatic heterocycles. The molecular formula is C16H15N3OS. The van der Waals surface area contributed by atoms with Crippen molar-refractivity contribution in [1.29, 1.82) is 0 Å². The molecule has 21 heavy (non-hydrogen) atoms. The van der Waals surface area contributed by atoms with Crippen molar-refractivity contribution in [2.75, 3.05) is 5.32 Å². The molecule has 3 N–H and O–H groups in total. The van der Waals surface area contributed by atoms with E-state index in [0.29, 0.717) is 11.5 Å². The van der Waals surface area contributed by atoms with Gasteiger partial charge in [-0.15, -0.1) is 0 Å². The lowest BCUT2D eigenvalue weighted by molar-refractivity contribution is 0.490. The number of fused-ring (bicyclic) bond motifs is 1. The highest BCUT2D eigenvalue weighted by molar-refractivity contribution is 7.80. The quantitative estimate of drug-likeness (QED) is 0.723. The fourth-order valence-corrected chi connectivity index (χ4v) is 2.43. The van der Waals surface area contributed by atoms with Gasteiger partial charge in [-0.3, -0.25) is 4.98 Å². The van der Waals surface area contributed by atoms with Crippen molar-refractivity contribution in [3.05, 3.63) is 59.7 Å². The minimum absolute atomic E-state index is 0.325. The molecule has 0 saturated heterocycles. The molecule has 0 saturated carbocycles. The summed E-state index contributed by atoms with van der Waals surface area (Å²) in [6, 6.07) is 11.8. The summed E-state index contributed by atoms with van der Waals surface area (Å²) in [4.78, 5) is 4.72. The predicted octanol–water partition coefficient (Wildman–Crippen LogP) is 3.38. The lowest BCUT2D eigenvalue weighted by atomic mass is 10.1. The number of hydrogen-bond acceptors (Lipinski definition) is 4. The average Bonchev–Trinajstić information content (AvgIpc) is 2.90. The van der Waals surface area contributed by atoms with Crippen molar-refractivity contribution in [1.82, 2.24) is 4.98 Å². The van der Waals surface area contributed by atoms with Gasteiger partial charge in [0.15, 0.2) is 0 Å². The number of thiocarbonyl (C=S) groups is 1. The highest BCUT2D eigenvalue weighted by Crippen LogP contribution is 2.26. The number of para-hydroxylation sites is 1. The van der Waals surface area contributed by atoms with Gasteiger partial charge in [0, 0.05) is 11.6 Å². The summed E-state index contributed by atoms with van der Waals surface area (Å²) in [5.74, 6) is 1.75. The molecule has 0 radical (unpaired) electrons. The first kappa shape index (κ1) is 13.6. The van der Waals surface area contributed by atoms with E-state index in [1.54, 1.807) is 6.20 Å². The molecule has 0 aliphatic carbocycles. The summed E-state index contributed by atoms with van der Waals surface area (Å²) in [5.41, 5.74) is 8.34. The normalized spacial score (nSPS) is 10.7. The molecule has 0 aliphatic rings. The van der Waals surface area contributed by atoms with E-state index in [-0.39, 0.29) is 0 Å². The molecule has 0 atom stereocenters. The first-order valence-electron chi connectivity index (χ1n) is 6.62. The molecule has 0 unspecified atom stereocenters. The van der Waals surface area contributed by atoms with Crippen LogP contribution in [-0.2, 0) is 6.54 Å². The molecule has 0 fully saturated rings. The number of benzene rings is 1. The van der Waals surface area contributed by atoms with Gasteiger partial charge in [-0.25, -0.2) is 0 Å². The highest BCUT2D eigenvalue weighted by atomic mass is 32.1. The zero-order chi connectivity index (χ0) is 14.8. The third-order valence-electron chi connectivity index (χ3n) is 3.28. The van der Waals surface area contributed by atoms with Crippen molar-refractivity contribution in [3.8, 4) is 0 Å². The van der Waals surface area contributed by atoms with Crippen molar-refractivity contribution in [3.63, 3.8) is 0 Å². The molecule has 2 heterocycles. The van der Waals surface area contributed by atoms with Gasteiger partial charge in [-0.05, 0) is 25.1 Å². The maximum absolute atomic E-state index is 5.81. The van der Waals surface area contributed by atoms with Crippen LogP contribution in [0.25, 0.3) is 10.9 Å². The molecule has 0 amide bonds.